The third-order valence-corrected chi connectivity index (χ3v) is 4.98. The summed E-state index contributed by atoms with van der Waals surface area (Å²) in [5.74, 6) is 0.487. The van der Waals surface area contributed by atoms with Crippen LogP contribution in [0, 0.1) is 5.92 Å². The zero-order valence-corrected chi connectivity index (χ0v) is 16.1. The van der Waals surface area contributed by atoms with Crippen molar-refractivity contribution in [3.8, 4) is 0 Å². The maximum absolute atomic E-state index is 11.7. The molecule has 0 aliphatic carbocycles. The van der Waals surface area contributed by atoms with E-state index in [1.165, 1.54) is 27.1 Å². The fraction of sp³-hybridized carbons (Fsp3) is 0.240. The van der Waals surface area contributed by atoms with E-state index >= 15 is 0 Å². The normalized spacial score (nSPS) is 13.0. The molecule has 0 bridgehead atoms. The minimum Gasteiger partial charge on any atom is -0.352 e. The van der Waals surface area contributed by atoms with E-state index in [4.69, 9.17) is 0 Å². The van der Waals surface area contributed by atoms with Gasteiger partial charge in [0.25, 0.3) is 0 Å². The maximum atomic E-state index is 11.7. The third kappa shape index (κ3) is 5.07. The van der Waals surface area contributed by atoms with Crippen LogP contribution in [0.25, 0.3) is 21.5 Å². The van der Waals surface area contributed by atoms with Crippen LogP contribution in [0.5, 0.6) is 0 Å². The number of hydrogen-bond donors (Lipinski definition) is 1. The Kier molecular flexibility index (Phi) is 6.43. The van der Waals surface area contributed by atoms with Crippen LogP contribution < -0.4 is 5.32 Å². The van der Waals surface area contributed by atoms with E-state index in [1.54, 1.807) is 12.2 Å². The van der Waals surface area contributed by atoms with Gasteiger partial charge in [0.05, 0.1) is 0 Å². The quantitative estimate of drug-likeness (QED) is 0.323. The van der Waals surface area contributed by atoms with Gasteiger partial charge in [0.1, 0.15) is 0 Å². The van der Waals surface area contributed by atoms with Crippen molar-refractivity contribution in [2.75, 3.05) is 6.54 Å². The third-order valence-electron chi connectivity index (χ3n) is 4.98. The molecule has 0 radical (unpaired) electrons. The Balaban J connectivity index is 1.60. The Hall–Kier alpha value is -2.87. The Bertz CT molecular complexity index is 984. The van der Waals surface area contributed by atoms with Crippen molar-refractivity contribution in [3.05, 3.63) is 84.5 Å². The lowest BCUT2D eigenvalue weighted by Crippen LogP contribution is -2.26. The predicted octanol–water partition coefficient (Wildman–Crippen LogP) is 5.81. The van der Waals surface area contributed by atoms with Crippen molar-refractivity contribution >= 4 is 27.5 Å². The fourth-order valence-corrected chi connectivity index (χ4v) is 3.09. The van der Waals surface area contributed by atoms with E-state index in [0.29, 0.717) is 5.92 Å². The molecule has 0 heterocycles. The Morgan fingerprint density at radius 3 is 2.63 bits per heavy atom. The van der Waals surface area contributed by atoms with Crippen LogP contribution in [-0.4, -0.2) is 12.5 Å². The van der Waals surface area contributed by atoms with Crippen LogP contribution >= 0.6 is 0 Å². The zero-order chi connectivity index (χ0) is 19.1. The summed E-state index contributed by atoms with van der Waals surface area (Å²) >= 11 is 0. The molecule has 0 fully saturated rings. The van der Waals surface area contributed by atoms with E-state index in [9.17, 15) is 4.79 Å². The first kappa shape index (κ1) is 18.9. The lowest BCUT2D eigenvalue weighted by Gasteiger charge is -2.07. The first-order valence-corrected chi connectivity index (χ1v) is 9.69. The highest BCUT2D eigenvalue weighted by molar-refractivity contribution is 6.07. The lowest BCUT2D eigenvalue weighted by molar-refractivity contribution is -0.116. The molecule has 27 heavy (non-hydrogen) atoms. The van der Waals surface area contributed by atoms with E-state index in [-0.39, 0.29) is 5.91 Å². The molecule has 3 aromatic rings. The Labute approximate surface area is 161 Å². The molecular weight excluding hydrogens is 330 g/mol. The SMILES string of the molecule is CCC(C)CNC(=O)/C=C/C=C/Cc1ccc2c(ccc3ccccc32)c1. The van der Waals surface area contributed by atoms with Gasteiger partial charge in [-0.05, 0) is 39.4 Å². The number of fused-ring (bicyclic) bond motifs is 3. The van der Waals surface area contributed by atoms with Crippen molar-refractivity contribution in [3.63, 3.8) is 0 Å². The minimum absolute atomic E-state index is 0.0301. The van der Waals surface area contributed by atoms with E-state index in [0.717, 1.165) is 19.4 Å². The predicted molar refractivity (Wildman–Crippen MR) is 116 cm³/mol. The smallest absolute Gasteiger partial charge is 0.243 e. The molecule has 0 aliphatic rings. The second-order valence-corrected chi connectivity index (χ2v) is 7.09. The highest BCUT2D eigenvalue weighted by atomic mass is 16.1. The van der Waals surface area contributed by atoms with Gasteiger partial charge in [-0.1, -0.05) is 93.1 Å². The highest BCUT2D eigenvalue weighted by Gasteiger charge is 2.01. The highest BCUT2D eigenvalue weighted by Crippen LogP contribution is 2.26. The number of amides is 1. The number of benzene rings is 3. The van der Waals surface area contributed by atoms with Gasteiger partial charge in [-0.3, -0.25) is 4.79 Å². The number of rotatable bonds is 7. The second kappa shape index (κ2) is 9.18. The molecule has 138 valence electrons. The van der Waals surface area contributed by atoms with E-state index < -0.39 is 0 Å². The number of nitrogens with one attached hydrogen (secondary N) is 1. The van der Waals surface area contributed by atoms with Crippen LogP contribution in [0.2, 0.25) is 0 Å². The summed E-state index contributed by atoms with van der Waals surface area (Å²) < 4.78 is 0. The molecule has 1 amide bonds. The number of carbonyl (C=O) groups excluding carboxylic acids is 1. The molecule has 3 aromatic carbocycles. The van der Waals surface area contributed by atoms with Crippen LogP contribution in [0.4, 0.5) is 0 Å². The maximum Gasteiger partial charge on any atom is 0.243 e. The van der Waals surface area contributed by atoms with Crippen LogP contribution in [0.1, 0.15) is 25.8 Å². The van der Waals surface area contributed by atoms with Gasteiger partial charge in [0.15, 0.2) is 0 Å². The topological polar surface area (TPSA) is 29.1 Å². The summed E-state index contributed by atoms with van der Waals surface area (Å²) in [7, 11) is 0. The molecule has 1 N–H and O–H groups in total. The number of carbonyl (C=O) groups is 1. The molecule has 0 saturated carbocycles. The summed E-state index contributed by atoms with van der Waals surface area (Å²) in [6.45, 7) is 5.00. The first-order valence-electron chi connectivity index (χ1n) is 9.69. The average molecular weight is 357 g/mol. The van der Waals surface area contributed by atoms with Gasteiger partial charge in [-0.2, -0.15) is 0 Å². The standard InChI is InChI=1S/C25H27NO/c1-3-19(2)18-26-25(27)12-6-4-5-9-20-13-16-24-22(17-20)15-14-21-10-7-8-11-23(21)24/h4-8,10-17,19H,3,9,18H2,1-2H3,(H,26,27)/b5-4+,12-6+. The van der Waals surface area contributed by atoms with Gasteiger partial charge in [-0.25, -0.2) is 0 Å². The molecule has 0 aromatic heterocycles. The molecule has 1 atom stereocenters. The summed E-state index contributed by atoms with van der Waals surface area (Å²) in [6.07, 6.45) is 9.34. The number of allylic oxidation sites excluding steroid dienone is 3. The fourth-order valence-electron chi connectivity index (χ4n) is 3.09. The first-order chi connectivity index (χ1) is 13.2. The van der Waals surface area contributed by atoms with E-state index in [1.807, 2.05) is 6.08 Å². The van der Waals surface area contributed by atoms with Crippen molar-refractivity contribution in [1.82, 2.24) is 5.32 Å². The van der Waals surface area contributed by atoms with Gasteiger partial charge < -0.3 is 5.32 Å². The van der Waals surface area contributed by atoms with Gasteiger partial charge in [0.2, 0.25) is 5.91 Å². The molecule has 2 nitrogen and oxygen atoms in total. The van der Waals surface area contributed by atoms with Gasteiger partial charge in [0, 0.05) is 12.6 Å². The summed E-state index contributed by atoms with van der Waals surface area (Å²) in [6, 6.07) is 19.5. The molecule has 0 aliphatic heterocycles. The summed E-state index contributed by atoms with van der Waals surface area (Å²) in [5.41, 5.74) is 1.27. The largest absolute Gasteiger partial charge is 0.352 e. The molecule has 0 saturated heterocycles. The minimum atomic E-state index is -0.0301. The molecule has 0 spiro atoms. The van der Waals surface area contributed by atoms with Crippen molar-refractivity contribution < 1.29 is 4.79 Å². The van der Waals surface area contributed by atoms with Crippen LogP contribution in [0.3, 0.4) is 0 Å². The Morgan fingerprint density at radius 1 is 1.00 bits per heavy atom. The van der Waals surface area contributed by atoms with Crippen LogP contribution in [-0.2, 0) is 11.2 Å². The van der Waals surface area contributed by atoms with Crippen LogP contribution in [0.15, 0.2) is 78.9 Å². The second-order valence-electron chi connectivity index (χ2n) is 7.09. The van der Waals surface area contributed by atoms with Gasteiger partial charge >= 0.3 is 0 Å². The van der Waals surface area contributed by atoms with Crippen molar-refractivity contribution in [1.29, 1.82) is 0 Å². The average Bonchev–Trinajstić information content (AvgIpc) is 2.71. The van der Waals surface area contributed by atoms with Gasteiger partial charge in [-0.15, -0.1) is 0 Å². The zero-order valence-electron chi connectivity index (χ0n) is 16.1. The number of hydrogen-bond acceptors (Lipinski definition) is 1. The molecule has 3 rings (SSSR count). The Morgan fingerprint density at radius 2 is 1.78 bits per heavy atom. The summed E-state index contributed by atoms with van der Waals surface area (Å²) in [5, 5.41) is 8.04. The van der Waals surface area contributed by atoms with E-state index in [2.05, 4.69) is 79.8 Å². The van der Waals surface area contributed by atoms with Crippen molar-refractivity contribution in [2.24, 2.45) is 5.92 Å². The molecule has 1 unspecified atom stereocenters. The monoisotopic (exact) mass is 357 g/mol. The molecular formula is C25H27NO. The lowest BCUT2D eigenvalue weighted by atomic mass is 9.99. The van der Waals surface area contributed by atoms with Crippen molar-refractivity contribution in [2.45, 2.75) is 26.7 Å². The molecule has 2 heteroatoms. The summed E-state index contributed by atoms with van der Waals surface area (Å²) in [4.78, 5) is 11.7.